The molecular weight excluding hydrogens is 394 g/mol. The topological polar surface area (TPSA) is 58.4 Å². The van der Waals surface area contributed by atoms with Gasteiger partial charge in [-0.2, -0.15) is 0 Å². The van der Waals surface area contributed by atoms with Gasteiger partial charge in [0.05, 0.1) is 11.6 Å². The molecular formula is C28H33N3O. The number of rotatable bonds is 6. The van der Waals surface area contributed by atoms with E-state index in [1.165, 1.54) is 11.1 Å². The summed E-state index contributed by atoms with van der Waals surface area (Å²) < 4.78 is 0. The Labute approximate surface area is 191 Å². The molecule has 0 radical (unpaired) electrons. The minimum Gasteiger partial charge on any atom is -0.398 e. The van der Waals surface area contributed by atoms with Crippen molar-refractivity contribution in [3.63, 3.8) is 0 Å². The Morgan fingerprint density at radius 1 is 0.875 bits per heavy atom. The zero-order chi connectivity index (χ0) is 22.5. The fraction of sp³-hybridized carbons (Fsp3) is 0.321. The first-order valence-corrected chi connectivity index (χ1v) is 11.6. The van der Waals surface area contributed by atoms with Gasteiger partial charge >= 0.3 is 0 Å². The third kappa shape index (κ3) is 4.86. The van der Waals surface area contributed by atoms with Gasteiger partial charge in [0.15, 0.2) is 0 Å². The van der Waals surface area contributed by atoms with Gasteiger partial charge in [0.2, 0.25) is 0 Å². The third-order valence-electron chi connectivity index (χ3n) is 6.47. The molecule has 1 heterocycles. The first kappa shape index (κ1) is 22.1. The summed E-state index contributed by atoms with van der Waals surface area (Å²) in [6, 6.07) is 27.5. The number of nitrogen functional groups attached to an aromatic ring is 1. The SMILES string of the molecule is CC(C)c1cccc(C(=O)NC2CCN(C(c3ccccc3)c3ccccc3)CC2)c1N. The van der Waals surface area contributed by atoms with Gasteiger partial charge in [0.25, 0.3) is 5.91 Å². The summed E-state index contributed by atoms with van der Waals surface area (Å²) in [5.41, 5.74) is 11.1. The Morgan fingerprint density at radius 2 is 1.44 bits per heavy atom. The third-order valence-corrected chi connectivity index (χ3v) is 6.47. The number of hydrogen-bond donors (Lipinski definition) is 2. The van der Waals surface area contributed by atoms with E-state index in [2.05, 4.69) is 84.7 Å². The average Bonchev–Trinajstić information content (AvgIpc) is 2.82. The molecule has 3 aromatic rings. The molecule has 0 spiro atoms. The lowest BCUT2D eigenvalue weighted by atomic mass is 9.93. The maximum absolute atomic E-state index is 13.0. The van der Waals surface area contributed by atoms with Crippen molar-refractivity contribution in [3.8, 4) is 0 Å². The van der Waals surface area contributed by atoms with E-state index in [0.29, 0.717) is 17.2 Å². The van der Waals surface area contributed by atoms with Gasteiger partial charge in [0.1, 0.15) is 0 Å². The van der Waals surface area contributed by atoms with Crippen LogP contribution >= 0.6 is 0 Å². The molecule has 0 bridgehead atoms. The van der Waals surface area contributed by atoms with E-state index >= 15 is 0 Å². The van der Waals surface area contributed by atoms with Gasteiger partial charge in [-0.15, -0.1) is 0 Å². The van der Waals surface area contributed by atoms with Crippen molar-refractivity contribution >= 4 is 11.6 Å². The van der Waals surface area contributed by atoms with Crippen molar-refractivity contribution < 1.29 is 4.79 Å². The summed E-state index contributed by atoms with van der Waals surface area (Å²) >= 11 is 0. The Balaban J connectivity index is 1.44. The van der Waals surface area contributed by atoms with Crippen molar-refractivity contribution in [1.29, 1.82) is 0 Å². The number of carbonyl (C=O) groups is 1. The second kappa shape index (κ2) is 10.0. The fourth-order valence-corrected chi connectivity index (χ4v) is 4.73. The lowest BCUT2D eigenvalue weighted by molar-refractivity contribution is 0.0901. The number of amides is 1. The second-order valence-corrected chi connectivity index (χ2v) is 8.97. The number of anilines is 1. The van der Waals surface area contributed by atoms with Gasteiger partial charge in [-0.3, -0.25) is 9.69 Å². The van der Waals surface area contributed by atoms with Gasteiger partial charge < -0.3 is 11.1 Å². The van der Waals surface area contributed by atoms with E-state index in [1.54, 1.807) is 0 Å². The van der Waals surface area contributed by atoms with E-state index in [4.69, 9.17) is 5.73 Å². The van der Waals surface area contributed by atoms with Crippen molar-refractivity contribution in [2.45, 2.75) is 44.7 Å². The Kier molecular flexibility index (Phi) is 6.91. The van der Waals surface area contributed by atoms with Crippen molar-refractivity contribution in [1.82, 2.24) is 10.2 Å². The normalized spacial score (nSPS) is 15.2. The summed E-state index contributed by atoms with van der Waals surface area (Å²) in [6.07, 6.45) is 1.84. The molecule has 1 fully saturated rings. The number of hydrogen-bond acceptors (Lipinski definition) is 3. The molecule has 166 valence electrons. The molecule has 0 aromatic heterocycles. The van der Waals surface area contributed by atoms with Crippen LogP contribution in [0.25, 0.3) is 0 Å². The summed E-state index contributed by atoms with van der Waals surface area (Å²) in [5.74, 6) is 0.227. The monoisotopic (exact) mass is 427 g/mol. The van der Waals surface area contributed by atoms with Crippen LogP contribution in [0.15, 0.2) is 78.9 Å². The van der Waals surface area contributed by atoms with Gasteiger partial charge in [0, 0.05) is 24.8 Å². The van der Waals surface area contributed by atoms with Gasteiger partial charge in [-0.05, 0) is 41.5 Å². The lowest BCUT2D eigenvalue weighted by Crippen LogP contribution is -2.46. The van der Waals surface area contributed by atoms with Crippen LogP contribution in [0.1, 0.15) is 65.7 Å². The minimum atomic E-state index is -0.0638. The smallest absolute Gasteiger partial charge is 0.253 e. The maximum Gasteiger partial charge on any atom is 0.253 e. The predicted molar refractivity (Wildman–Crippen MR) is 132 cm³/mol. The first-order valence-electron chi connectivity index (χ1n) is 11.6. The highest BCUT2D eigenvalue weighted by atomic mass is 16.1. The molecule has 0 atom stereocenters. The summed E-state index contributed by atoms with van der Waals surface area (Å²) in [6.45, 7) is 6.06. The summed E-state index contributed by atoms with van der Waals surface area (Å²) in [4.78, 5) is 15.5. The van der Waals surface area contributed by atoms with E-state index < -0.39 is 0 Å². The van der Waals surface area contributed by atoms with Crippen LogP contribution in [0, 0.1) is 0 Å². The fourth-order valence-electron chi connectivity index (χ4n) is 4.73. The molecule has 4 rings (SSSR count). The van der Waals surface area contributed by atoms with Crippen LogP contribution in [-0.4, -0.2) is 29.9 Å². The number of benzene rings is 3. The standard InChI is InChI=1S/C28H33N3O/c1-20(2)24-14-9-15-25(26(24)29)28(32)30-23-16-18-31(19-17-23)27(21-10-5-3-6-11-21)22-12-7-4-8-13-22/h3-15,20,23,27H,16-19,29H2,1-2H3,(H,30,32). The molecule has 3 N–H and O–H groups in total. The molecule has 4 nitrogen and oxygen atoms in total. The number of piperidine rings is 1. The molecule has 0 saturated carbocycles. The summed E-state index contributed by atoms with van der Waals surface area (Å²) in [7, 11) is 0. The number of nitrogens with zero attached hydrogens (tertiary/aromatic N) is 1. The number of carbonyl (C=O) groups excluding carboxylic acids is 1. The van der Waals surface area contributed by atoms with Crippen LogP contribution in [-0.2, 0) is 0 Å². The van der Waals surface area contributed by atoms with E-state index in [0.717, 1.165) is 31.5 Å². The van der Waals surface area contributed by atoms with Crippen LogP contribution in [0.5, 0.6) is 0 Å². The van der Waals surface area contributed by atoms with Crippen molar-refractivity contribution in [2.24, 2.45) is 0 Å². The number of likely N-dealkylation sites (tertiary alicyclic amines) is 1. The second-order valence-electron chi connectivity index (χ2n) is 8.97. The highest BCUT2D eigenvalue weighted by Crippen LogP contribution is 2.31. The zero-order valence-corrected chi connectivity index (χ0v) is 19.0. The minimum absolute atomic E-state index is 0.0638. The zero-order valence-electron chi connectivity index (χ0n) is 19.0. The maximum atomic E-state index is 13.0. The average molecular weight is 428 g/mol. The van der Waals surface area contributed by atoms with Gasteiger partial charge in [-0.25, -0.2) is 0 Å². The number of para-hydroxylation sites is 1. The van der Waals surface area contributed by atoms with Crippen LogP contribution in [0.2, 0.25) is 0 Å². The Bertz CT molecular complexity index is 986. The predicted octanol–water partition coefficient (Wildman–Crippen LogP) is 5.38. The molecule has 0 unspecified atom stereocenters. The van der Waals surface area contributed by atoms with Crippen LogP contribution < -0.4 is 11.1 Å². The van der Waals surface area contributed by atoms with Crippen molar-refractivity contribution in [2.75, 3.05) is 18.8 Å². The van der Waals surface area contributed by atoms with E-state index in [9.17, 15) is 4.79 Å². The molecule has 32 heavy (non-hydrogen) atoms. The first-order chi connectivity index (χ1) is 15.5. The molecule has 1 amide bonds. The van der Waals surface area contributed by atoms with E-state index in [-0.39, 0.29) is 18.0 Å². The van der Waals surface area contributed by atoms with Crippen LogP contribution in [0.3, 0.4) is 0 Å². The molecule has 3 aromatic carbocycles. The number of nitrogens with one attached hydrogen (secondary N) is 1. The summed E-state index contributed by atoms with van der Waals surface area (Å²) in [5, 5.41) is 3.24. The van der Waals surface area contributed by atoms with Gasteiger partial charge in [-0.1, -0.05) is 86.6 Å². The molecule has 4 heteroatoms. The largest absolute Gasteiger partial charge is 0.398 e. The highest BCUT2D eigenvalue weighted by molar-refractivity contribution is 6.00. The highest BCUT2D eigenvalue weighted by Gasteiger charge is 2.28. The molecule has 1 saturated heterocycles. The lowest BCUT2D eigenvalue weighted by Gasteiger charge is -2.38. The molecule has 1 aliphatic heterocycles. The Morgan fingerprint density at radius 3 is 1.97 bits per heavy atom. The van der Waals surface area contributed by atoms with Crippen LogP contribution in [0.4, 0.5) is 5.69 Å². The quantitative estimate of drug-likeness (QED) is 0.520. The molecule has 0 aliphatic carbocycles. The molecule has 1 aliphatic rings. The van der Waals surface area contributed by atoms with Crippen molar-refractivity contribution in [3.05, 3.63) is 101 Å². The van der Waals surface area contributed by atoms with E-state index in [1.807, 2.05) is 18.2 Å². The number of nitrogens with two attached hydrogens (primary N) is 1. The Hall–Kier alpha value is -3.11.